The first-order valence-corrected chi connectivity index (χ1v) is 7.80. The summed E-state index contributed by atoms with van der Waals surface area (Å²) in [6, 6.07) is 7.40. The zero-order valence-electron chi connectivity index (χ0n) is 13.7. The molecule has 21 heavy (non-hydrogen) atoms. The number of hydrogen-bond acceptors (Lipinski definition) is 3. The Kier molecular flexibility index (Phi) is 7.23. The lowest BCUT2D eigenvalue weighted by Gasteiger charge is -2.25. The van der Waals surface area contributed by atoms with Gasteiger partial charge in [-0.25, -0.2) is 0 Å². The fourth-order valence-corrected chi connectivity index (χ4v) is 2.11. The molecule has 1 aromatic rings. The van der Waals surface area contributed by atoms with E-state index in [4.69, 9.17) is 5.84 Å². The molecule has 0 heterocycles. The monoisotopic (exact) mass is 291 g/mol. The molecule has 0 atom stereocenters. The molecule has 0 aliphatic rings. The fourth-order valence-electron chi connectivity index (χ4n) is 2.11. The van der Waals surface area contributed by atoms with Gasteiger partial charge < -0.3 is 10.3 Å². The van der Waals surface area contributed by atoms with Crippen LogP contribution in [0.2, 0.25) is 0 Å². The van der Waals surface area contributed by atoms with Gasteiger partial charge in [0.05, 0.1) is 11.3 Å². The lowest BCUT2D eigenvalue weighted by molar-refractivity contribution is 0.0742. The third-order valence-electron chi connectivity index (χ3n) is 3.55. The minimum atomic E-state index is 0.0600. The van der Waals surface area contributed by atoms with Crippen molar-refractivity contribution in [3.05, 3.63) is 29.8 Å². The van der Waals surface area contributed by atoms with Crippen LogP contribution in [-0.2, 0) is 0 Å². The zero-order valence-corrected chi connectivity index (χ0v) is 13.7. The number of nitrogen functional groups attached to an aromatic ring is 1. The minimum absolute atomic E-state index is 0.0600. The van der Waals surface area contributed by atoms with E-state index in [2.05, 4.69) is 33.1 Å². The van der Waals surface area contributed by atoms with Gasteiger partial charge in [0, 0.05) is 13.1 Å². The van der Waals surface area contributed by atoms with Gasteiger partial charge in [-0.05, 0) is 36.8 Å². The van der Waals surface area contributed by atoms with Gasteiger partial charge in [-0.2, -0.15) is 0 Å². The second-order valence-electron chi connectivity index (χ2n) is 6.35. The highest BCUT2D eigenvalue weighted by Crippen LogP contribution is 2.18. The highest BCUT2D eigenvalue weighted by molar-refractivity contribution is 5.99. The van der Waals surface area contributed by atoms with Crippen LogP contribution in [0.1, 0.15) is 50.9 Å². The normalized spacial score (nSPS) is 11.0. The Morgan fingerprint density at radius 1 is 1.10 bits per heavy atom. The molecule has 0 bridgehead atoms. The molecule has 0 aliphatic heterocycles. The summed E-state index contributed by atoms with van der Waals surface area (Å²) >= 11 is 0. The summed E-state index contributed by atoms with van der Waals surface area (Å²) in [4.78, 5) is 14.7. The number of benzene rings is 1. The van der Waals surface area contributed by atoms with E-state index in [1.807, 2.05) is 29.2 Å². The molecule has 0 spiro atoms. The maximum atomic E-state index is 12.8. The Labute approximate surface area is 128 Å². The van der Waals surface area contributed by atoms with Crippen molar-refractivity contribution in [2.75, 3.05) is 18.5 Å². The van der Waals surface area contributed by atoms with Crippen LogP contribution in [0.4, 0.5) is 5.69 Å². The van der Waals surface area contributed by atoms with Crippen molar-refractivity contribution in [1.82, 2.24) is 4.90 Å². The van der Waals surface area contributed by atoms with Gasteiger partial charge in [-0.1, -0.05) is 39.8 Å². The van der Waals surface area contributed by atoms with E-state index in [9.17, 15) is 4.79 Å². The Morgan fingerprint density at radius 2 is 1.62 bits per heavy atom. The zero-order chi connectivity index (χ0) is 15.8. The molecular weight excluding hydrogens is 262 g/mol. The standard InChI is InChI=1S/C17H29N3O/c1-13(2)9-11-20(12-10-14(3)4)17(21)15-7-5-6-8-16(15)19-18/h5-8,13-14,19H,9-12,18H2,1-4H3. The maximum Gasteiger partial charge on any atom is 0.256 e. The number of carbonyl (C=O) groups excluding carboxylic acids is 1. The quantitative estimate of drug-likeness (QED) is 0.569. The maximum absolute atomic E-state index is 12.8. The first-order chi connectivity index (χ1) is 9.95. The summed E-state index contributed by atoms with van der Waals surface area (Å²) in [5.41, 5.74) is 3.94. The number of nitrogens with one attached hydrogen (secondary N) is 1. The third-order valence-corrected chi connectivity index (χ3v) is 3.55. The Bertz CT molecular complexity index is 431. The van der Waals surface area contributed by atoms with Gasteiger partial charge >= 0.3 is 0 Å². The molecule has 0 saturated carbocycles. The van der Waals surface area contributed by atoms with Crippen molar-refractivity contribution >= 4 is 11.6 Å². The number of rotatable bonds is 8. The van der Waals surface area contributed by atoms with Gasteiger partial charge in [-0.15, -0.1) is 0 Å². The first kappa shape index (κ1) is 17.5. The molecular formula is C17H29N3O. The lowest BCUT2D eigenvalue weighted by Crippen LogP contribution is -2.34. The number of para-hydroxylation sites is 1. The third kappa shape index (κ3) is 5.76. The predicted octanol–water partition coefficient (Wildman–Crippen LogP) is 3.51. The molecule has 1 rings (SSSR count). The summed E-state index contributed by atoms with van der Waals surface area (Å²) in [7, 11) is 0. The van der Waals surface area contributed by atoms with Crippen molar-refractivity contribution in [3.63, 3.8) is 0 Å². The van der Waals surface area contributed by atoms with Crippen LogP contribution in [0.15, 0.2) is 24.3 Å². The molecule has 0 aromatic heterocycles. The second kappa shape index (κ2) is 8.67. The van der Waals surface area contributed by atoms with Crippen LogP contribution in [0.3, 0.4) is 0 Å². The number of anilines is 1. The number of nitrogens with zero attached hydrogens (tertiary/aromatic N) is 1. The van der Waals surface area contributed by atoms with E-state index in [1.165, 1.54) is 0 Å². The molecule has 4 heteroatoms. The van der Waals surface area contributed by atoms with Gasteiger partial charge in [0.2, 0.25) is 0 Å². The van der Waals surface area contributed by atoms with Gasteiger partial charge in [0.15, 0.2) is 0 Å². The van der Waals surface area contributed by atoms with E-state index in [0.29, 0.717) is 23.1 Å². The van der Waals surface area contributed by atoms with E-state index >= 15 is 0 Å². The average Bonchev–Trinajstić information content (AvgIpc) is 2.46. The summed E-state index contributed by atoms with van der Waals surface area (Å²) < 4.78 is 0. The predicted molar refractivity (Wildman–Crippen MR) is 89.1 cm³/mol. The van der Waals surface area contributed by atoms with Crippen molar-refractivity contribution in [2.24, 2.45) is 17.7 Å². The highest BCUT2D eigenvalue weighted by atomic mass is 16.2. The topological polar surface area (TPSA) is 58.4 Å². The molecule has 1 amide bonds. The SMILES string of the molecule is CC(C)CCN(CCC(C)C)C(=O)c1ccccc1NN. The van der Waals surface area contributed by atoms with Crippen LogP contribution in [0.25, 0.3) is 0 Å². The smallest absolute Gasteiger partial charge is 0.256 e. The molecule has 0 radical (unpaired) electrons. The van der Waals surface area contributed by atoms with E-state index < -0.39 is 0 Å². The molecule has 1 aromatic carbocycles. The summed E-state index contributed by atoms with van der Waals surface area (Å²) in [5, 5.41) is 0. The summed E-state index contributed by atoms with van der Waals surface area (Å²) in [5.74, 6) is 6.74. The van der Waals surface area contributed by atoms with E-state index in [-0.39, 0.29) is 5.91 Å². The molecule has 0 aliphatic carbocycles. The van der Waals surface area contributed by atoms with Crippen molar-refractivity contribution in [1.29, 1.82) is 0 Å². The minimum Gasteiger partial charge on any atom is -0.339 e. The van der Waals surface area contributed by atoms with Crippen LogP contribution in [-0.4, -0.2) is 23.9 Å². The van der Waals surface area contributed by atoms with Gasteiger partial charge in [-0.3, -0.25) is 10.6 Å². The van der Waals surface area contributed by atoms with E-state index in [1.54, 1.807) is 0 Å². The largest absolute Gasteiger partial charge is 0.339 e. The number of nitrogens with two attached hydrogens (primary N) is 1. The lowest BCUT2D eigenvalue weighted by atomic mass is 10.1. The van der Waals surface area contributed by atoms with E-state index in [0.717, 1.165) is 25.9 Å². The Morgan fingerprint density at radius 3 is 2.10 bits per heavy atom. The molecule has 0 fully saturated rings. The fraction of sp³-hybridized carbons (Fsp3) is 0.588. The highest BCUT2D eigenvalue weighted by Gasteiger charge is 2.18. The van der Waals surface area contributed by atoms with Gasteiger partial charge in [0.1, 0.15) is 0 Å². The molecule has 118 valence electrons. The number of hydrogen-bond donors (Lipinski definition) is 2. The first-order valence-electron chi connectivity index (χ1n) is 7.80. The van der Waals surface area contributed by atoms with Crippen LogP contribution >= 0.6 is 0 Å². The van der Waals surface area contributed by atoms with Crippen molar-refractivity contribution in [2.45, 2.75) is 40.5 Å². The average molecular weight is 291 g/mol. The molecule has 3 N–H and O–H groups in total. The van der Waals surface area contributed by atoms with Crippen molar-refractivity contribution in [3.8, 4) is 0 Å². The summed E-state index contributed by atoms with van der Waals surface area (Å²) in [6.45, 7) is 10.3. The Hall–Kier alpha value is -1.55. The van der Waals surface area contributed by atoms with Crippen LogP contribution < -0.4 is 11.3 Å². The second-order valence-corrected chi connectivity index (χ2v) is 6.35. The number of carbonyl (C=O) groups is 1. The van der Waals surface area contributed by atoms with Crippen LogP contribution in [0, 0.1) is 11.8 Å². The molecule has 0 unspecified atom stereocenters. The number of amides is 1. The Balaban J connectivity index is 2.86. The molecule has 4 nitrogen and oxygen atoms in total. The number of hydrazine groups is 1. The summed E-state index contributed by atoms with van der Waals surface area (Å²) in [6.07, 6.45) is 2.03. The molecule has 0 saturated heterocycles. The van der Waals surface area contributed by atoms with Crippen LogP contribution in [0.5, 0.6) is 0 Å². The van der Waals surface area contributed by atoms with Gasteiger partial charge in [0.25, 0.3) is 5.91 Å². The van der Waals surface area contributed by atoms with Crippen molar-refractivity contribution < 1.29 is 4.79 Å².